The van der Waals surface area contributed by atoms with Gasteiger partial charge in [-0.3, -0.25) is 4.99 Å². The lowest BCUT2D eigenvalue weighted by Crippen LogP contribution is -2.41. The van der Waals surface area contributed by atoms with E-state index < -0.39 is 0 Å². The smallest absolute Gasteiger partial charge is 0.191 e. The molecule has 5 nitrogen and oxygen atoms in total. The summed E-state index contributed by atoms with van der Waals surface area (Å²) < 4.78 is 24.8. The molecule has 2 aromatic carbocycles. The predicted molar refractivity (Wildman–Crippen MR) is 109 cm³/mol. The molecule has 0 unspecified atom stereocenters. The Hall–Kier alpha value is -2.60. The Labute approximate surface area is 166 Å². The summed E-state index contributed by atoms with van der Waals surface area (Å²) in [7, 11) is 3.39. The van der Waals surface area contributed by atoms with E-state index >= 15 is 0 Å². The van der Waals surface area contributed by atoms with Crippen LogP contribution in [0.5, 0.6) is 5.75 Å². The molecule has 0 spiro atoms. The minimum absolute atomic E-state index is 0.127. The van der Waals surface area contributed by atoms with Crippen LogP contribution in [0.3, 0.4) is 0 Å². The zero-order valence-electron chi connectivity index (χ0n) is 16.5. The lowest BCUT2D eigenvalue weighted by molar-refractivity contribution is 0.146. The van der Waals surface area contributed by atoms with Gasteiger partial charge in [-0.15, -0.1) is 0 Å². The lowest BCUT2D eigenvalue weighted by Gasteiger charge is -2.19. The summed E-state index contributed by atoms with van der Waals surface area (Å²) in [5.74, 6) is 1.39. The van der Waals surface area contributed by atoms with Crippen molar-refractivity contribution in [2.75, 3.05) is 33.9 Å². The lowest BCUT2D eigenvalue weighted by atomic mass is 9.95. The molecule has 28 heavy (non-hydrogen) atoms. The van der Waals surface area contributed by atoms with Crippen LogP contribution in [0.1, 0.15) is 24.0 Å². The van der Waals surface area contributed by atoms with E-state index in [9.17, 15) is 4.39 Å². The van der Waals surface area contributed by atoms with Crippen LogP contribution in [0.2, 0.25) is 0 Å². The van der Waals surface area contributed by atoms with E-state index in [0.29, 0.717) is 32.3 Å². The van der Waals surface area contributed by atoms with Crippen LogP contribution >= 0.6 is 0 Å². The number of rotatable bonds is 9. The highest BCUT2D eigenvalue weighted by Crippen LogP contribution is 2.48. The summed E-state index contributed by atoms with van der Waals surface area (Å²) in [6.07, 6.45) is 1.97. The highest BCUT2D eigenvalue weighted by atomic mass is 19.1. The van der Waals surface area contributed by atoms with Crippen molar-refractivity contribution in [3.8, 4) is 5.75 Å². The minimum atomic E-state index is -0.130. The third kappa shape index (κ3) is 5.23. The Morgan fingerprint density at radius 2 is 1.93 bits per heavy atom. The van der Waals surface area contributed by atoms with Crippen molar-refractivity contribution in [1.29, 1.82) is 0 Å². The fourth-order valence-electron chi connectivity index (χ4n) is 3.23. The topological polar surface area (TPSA) is 54.9 Å². The second-order valence-electron chi connectivity index (χ2n) is 7.03. The van der Waals surface area contributed by atoms with Gasteiger partial charge in [-0.25, -0.2) is 4.39 Å². The predicted octanol–water partition coefficient (Wildman–Crippen LogP) is 3.25. The second kappa shape index (κ2) is 9.55. The summed E-state index contributed by atoms with van der Waals surface area (Å²) >= 11 is 0. The first-order valence-corrected chi connectivity index (χ1v) is 9.57. The van der Waals surface area contributed by atoms with Crippen molar-refractivity contribution in [1.82, 2.24) is 10.6 Å². The number of hydrogen-bond acceptors (Lipinski definition) is 3. The molecule has 2 aromatic rings. The maximum absolute atomic E-state index is 14.2. The van der Waals surface area contributed by atoms with E-state index in [1.165, 1.54) is 6.07 Å². The molecule has 0 amide bonds. The molecule has 0 radical (unpaired) electrons. The molecule has 1 fully saturated rings. The molecule has 0 bridgehead atoms. The summed E-state index contributed by atoms with van der Waals surface area (Å²) in [6.45, 7) is 2.36. The summed E-state index contributed by atoms with van der Waals surface area (Å²) in [5, 5.41) is 6.66. The fourth-order valence-corrected chi connectivity index (χ4v) is 3.23. The maximum atomic E-state index is 14.2. The number of methoxy groups -OCH3 is 1. The summed E-state index contributed by atoms with van der Waals surface area (Å²) in [4.78, 5) is 4.29. The molecule has 1 aliphatic rings. The van der Waals surface area contributed by atoms with E-state index in [0.717, 1.165) is 29.7 Å². The van der Waals surface area contributed by atoms with Crippen molar-refractivity contribution in [2.24, 2.45) is 4.99 Å². The van der Waals surface area contributed by atoms with Gasteiger partial charge in [-0.1, -0.05) is 30.3 Å². The maximum Gasteiger partial charge on any atom is 0.191 e. The quantitative estimate of drug-likeness (QED) is 0.395. The summed E-state index contributed by atoms with van der Waals surface area (Å²) in [6, 6.07) is 15.0. The van der Waals surface area contributed by atoms with Crippen LogP contribution in [0.4, 0.5) is 4.39 Å². The van der Waals surface area contributed by atoms with Gasteiger partial charge in [0.05, 0.1) is 6.61 Å². The Morgan fingerprint density at radius 1 is 1.11 bits per heavy atom. The highest BCUT2D eigenvalue weighted by Gasteiger charge is 2.45. The first-order valence-electron chi connectivity index (χ1n) is 9.57. The van der Waals surface area contributed by atoms with Gasteiger partial charge in [-0.05, 0) is 42.2 Å². The summed E-state index contributed by atoms with van der Waals surface area (Å²) in [5.41, 5.74) is 1.75. The van der Waals surface area contributed by atoms with Gasteiger partial charge in [0.15, 0.2) is 5.96 Å². The monoisotopic (exact) mass is 385 g/mol. The number of guanidine groups is 1. The molecule has 0 saturated heterocycles. The molecule has 0 aromatic heterocycles. The van der Waals surface area contributed by atoms with Gasteiger partial charge in [0.1, 0.15) is 18.2 Å². The molecule has 1 saturated carbocycles. The first kappa shape index (κ1) is 20.1. The molecule has 0 aliphatic heterocycles. The number of nitrogens with one attached hydrogen (secondary N) is 2. The van der Waals surface area contributed by atoms with Crippen molar-refractivity contribution in [3.63, 3.8) is 0 Å². The van der Waals surface area contributed by atoms with Crippen molar-refractivity contribution in [3.05, 3.63) is 65.5 Å². The van der Waals surface area contributed by atoms with E-state index in [-0.39, 0.29) is 11.2 Å². The van der Waals surface area contributed by atoms with Crippen LogP contribution in [-0.2, 0) is 16.7 Å². The fraction of sp³-hybridized carbons (Fsp3) is 0.409. The number of benzene rings is 2. The van der Waals surface area contributed by atoms with Crippen molar-refractivity contribution in [2.45, 2.75) is 24.8 Å². The van der Waals surface area contributed by atoms with E-state index in [4.69, 9.17) is 9.47 Å². The largest absolute Gasteiger partial charge is 0.491 e. The average Bonchev–Trinajstić information content (AvgIpc) is 3.50. The SMILES string of the molecule is CN=C(NCc1cccc(OCCOC)c1)NCC1(c2ccccc2F)CC1. The average molecular weight is 385 g/mol. The molecule has 0 heterocycles. The number of aliphatic imine (C=N–C) groups is 1. The normalized spacial score (nSPS) is 15.2. The van der Waals surface area contributed by atoms with E-state index in [1.807, 2.05) is 36.4 Å². The zero-order chi connectivity index (χ0) is 19.8. The third-order valence-corrected chi connectivity index (χ3v) is 5.03. The molecular weight excluding hydrogens is 357 g/mol. The molecule has 6 heteroatoms. The van der Waals surface area contributed by atoms with Gasteiger partial charge in [0, 0.05) is 32.7 Å². The molecule has 0 atom stereocenters. The van der Waals surface area contributed by atoms with Crippen LogP contribution in [-0.4, -0.2) is 39.9 Å². The van der Waals surface area contributed by atoms with Crippen molar-refractivity contribution < 1.29 is 13.9 Å². The Bertz CT molecular complexity index is 806. The third-order valence-electron chi connectivity index (χ3n) is 5.03. The second-order valence-corrected chi connectivity index (χ2v) is 7.03. The van der Waals surface area contributed by atoms with Crippen LogP contribution in [0, 0.1) is 5.82 Å². The molecule has 3 rings (SSSR count). The van der Waals surface area contributed by atoms with Crippen LogP contribution in [0.15, 0.2) is 53.5 Å². The van der Waals surface area contributed by atoms with E-state index in [1.54, 1.807) is 20.2 Å². The molecular formula is C22H28FN3O2. The first-order chi connectivity index (χ1) is 13.7. The molecule has 2 N–H and O–H groups in total. The van der Waals surface area contributed by atoms with Gasteiger partial charge in [-0.2, -0.15) is 0 Å². The number of ether oxygens (including phenoxy) is 2. The zero-order valence-corrected chi connectivity index (χ0v) is 16.5. The van der Waals surface area contributed by atoms with Gasteiger partial charge in [0.2, 0.25) is 0 Å². The minimum Gasteiger partial charge on any atom is -0.491 e. The number of halogens is 1. The Balaban J connectivity index is 1.52. The molecule has 150 valence electrons. The standard InChI is InChI=1S/C22H28FN3O2/c1-24-21(25-15-17-6-5-7-18(14-17)28-13-12-27-2)26-16-22(10-11-22)19-8-3-4-9-20(19)23/h3-9,14H,10-13,15-16H2,1-2H3,(H2,24,25,26). The number of nitrogens with zero attached hydrogens (tertiary/aromatic N) is 1. The molecule has 1 aliphatic carbocycles. The Kier molecular flexibility index (Phi) is 6.87. The van der Waals surface area contributed by atoms with Crippen molar-refractivity contribution >= 4 is 5.96 Å². The number of hydrogen-bond donors (Lipinski definition) is 2. The van der Waals surface area contributed by atoms with Crippen LogP contribution in [0.25, 0.3) is 0 Å². The van der Waals surface area contributed by atoms with Gasteiger partial charge < -0.3 is 20.1 Å². The van der Waals surface area contributed by atoms with Gasteiger partial charge >= 0.3 is 0 Å². The highest BCUT2D eigenvalue weighted by molar-refractivity contribution is 5.79. The Morgan fingerprint density at radius 3 is 2.64 bits per heavy atom. The van der Waals surface area contributed by atoms with Crippen LogP contribution < -0.4 is 15.4 Å². The van der Waals surface area contributed by atoms with E-state index in [2.05, 4.69) is 15.6 Å². The van der Waals surface area contributed by atoms with Gasteiger partial charge in [0.25, 0.3) is 0 Å².